The summed E-state index contributed by atoms with van der Waals surface area (Å²) in [6.07, 6.45) is 5.13. The highest BCUT2D eigenvalue weighted by atomic mass is 19.1. The van der Waals surface area contributed by atoms with Gasteiger partial charge >= 0.3 is 0 Å². The Hall–Kier alpha value is -3.26. The lowest BCUT2D eigenvalue weighted by atomic mass is 9.75. The molecule has 3 aliphatic rings. The first-order chi connectivity index (χ1) is 16.5. The standard InChI is InChI=1S/C26H26F2N6/c1-15-24-26(31-16(2)30-15)34(25(32-24)19-10-21(27)12-29-11-19)13-20-9-18(3-4-23(20)28)22-14-33-7-5-17(22)6-8-33/h3-4,9-12,17,22H,5-8,13-14H2,1-2H3. The summed E-state index contributed by atoms with van der Waals surface area (Å²) in [5.74, 6) is 1.47. The van der Waals surface area contributed by atoms with Gasteiger partial charge in [-0.15, -0.1) is 0 Å². The molecule has 0 amide bonds. The number of aryl methyl sites for hydroxylation is 2. The zero-order valence-electron chi connectivity index (χ0n) is 19.3. The van der Waals surface area contributed by atoms with Gasteiger partial charge in [0, 0.05) is 23.9 Å². The van der Waals surface area contributed by atoms with E-state index in [4.69, 9.17) is 4.98 Å². The highest BCUT2D eigenvalue weighted by molar-refractivity contribution is 5.79. The van der Waals surface area contributed by atoms with Crippen LogP contribution in [0.5, 0.6) is 0 Å². The summed E-state index contributed by atoms with van der Waals surface area (Å²) in [6.45, 7) is 7.30. The van der Waals surface area contributed by atoms with Gasteiger partial charge in [0.15, 0.2) is 5.65 Å². The van der Waals surface area contributed by atoms with Gasteiger partial charge in [-0.05, 0) is 69.3 Å². The molecule has 8 heteroatoms. The molecule has 0 spiro atoms. The van der Waals surface area contributed by atoms with Crippen LogP contribution in [0.2, 0.25) is 0 Å². The van der Waals surface area contributed by atoms with E-state index in [-0.39, 0.29) is 12.4 Å². The van der Waals surface area contributed by atoms with Gasteiger partial charge < -0.3 is 9.47 Å². The second kappa shape index (κ2) is 8.20. The van der Waals surface area contributed by atoms with Crippen LogP contribution >= 0.6 is 0 Å². The van der Waals surface area contributed by atoms with E-state index in [1.54, 1.807) is 12.3 Å². The van der Waals surface area contributed by atoms with Crippen LogP contribution in [0, 0.1) is 31.4 Å². The molecule has 0 aliphatic carbocycles. The molecule has 174 valence electrons. The summed E-state index contributed by atoms with van der Waals surface area (Å²) in [5, 5.41) is 0. The maximum atomic E-state index is 15.1. The fourth-order valence-corrected chi connectivity index (χ4v) is 5.64. The minimum Gasteiger partial charge on any atom is -0.304 e. The predicted molar refractivity (Wildman–Crippen MR) is 125 cm³/mol. The lowest BCUT2D eigenvalue weighted by Crippen LogP contribution is -2.46. The number of benzene rings is 1. The quantitative estimate of drug-likeness (QED) is 0.444. The van der Waals surface area contributed by atoms with Gasteiger partial charge in [0.1, 0.15) is 28.8 Å². The van der Waals surface area contributed by atoms with Crippen molar-refractivity contribution in [2.24, 2.45) is 5.92 Å². The number of fused-ring (bicyclic) bond motifs is 4. The van der Waals surface area contributed by atoms with Crippen molar-refractivity contribution in [3.05, 3.63) is 70.9 Å². The van der Waals surface area contributed by atoms with Crippen molar-refractivity contribution in [3.63, 3.8) is 0 Å². The Morgan fingerprint density at radius 2 is 1.82 bits per heavy atom. The van der Waals surface area contributed by atoms with Crippen LogP contribution in [0.3, 0.4) is 0 Å². The summed E-state index contributed by atoms with van der Waals surface area (Å²) in [6, 6.07) is 6.91. The van der Waals surface area contributed by atoms with Crippen molar-refractivity contribution in [2.45, 2.75) is 39.2 Å². The molecule has 0 saturated carbocycles. The average molecular weight is 461 g/mol. The molecule has 7 rings (SSSR count). The van der Waals surface area contributed by atoms with Gasteiger partial charge in [0.05, 0.1) is 18.4 Å². The van der Waals surface area contributed by atoms with Gasteiger partial charge in [0.2, 0.25) is 0 Å². The van der Waals surface area contributed by atoms with Crippen molar-refractivity contribution in [3.8, 4) is 11.4 Å². The smallest absolute Gasteiger partial charge is 0.164 e. The molecular weight excluding hydrogens is 434 g/mol. The molecule has 34 heavy (non-hydrogen) atoms. The molecule has 1 aromatic carbocycles. The molecule has 0 radical (unpaired) electrons. The molecule has 6 heterocycles. The van der Waals surface area contributed by atoms with Crippen LogP contribution in [0.25, 0.3) is 22.6 Å². The first-order valence-corrected chi connectivity index (χ1v) is 11.8. The zero-order chi connectivity index (χ0) is 23.4. The Bertz CT molecular complexity index is 1390. The number of halogens is 2. The van der Waals surface area contributed by atoms with Crippen LogP contribution in [0.1, 0.15) is 41.4 Å². The number of hydrogen-bond donors (Lipinski definition) is 0. The Morgan fingerprint density at radius 3 is 2.56 bits per heavy atom. The third-order valence-corrected chi connectivity index (χ3v) is 7.33. The van der Waals surface area contributed by atoms with Gasteiger partial charge in [-0.25, -0.2) is 23.7 Å². The molecule has 1 unspecified atom stereocenters. The lowest BCUT2D eigenvalue weighted by molar-refractivity contribution is 0.0870. The molecule has 4 aromatic rings. The zero-order valence-corrected chi connectivity index (χ0v) is 19.3. The molecular formula is C26H26F2N6. The van der Waals surface area contributed by atoms with E-state index in [9.17, 15) is 4.39 Å². The summed E-state index contributed by atoms with van der Waals surface area (Å²) in [5.41, 5.74) is 4.24. The van der Waals surface area contributed by atoms with Gasteiger partial charge in [-0.1, -0.05) is 12.1 Å². The SMILES string of the molecule is Cc1nc(C)c2nc(-c3cncc(F)c3)n(Cc3cc(C4CN5CCC4CC5)ccc3F)c2n1. The predicted octanol–water partition coefficient (Wildman–Crippen LogP) is 4.64. The molecule has 0 N–H and O–H groups in total. The first kappa shape index (κ1) is 21.3. The van der Waals surface area contributed by atoms with Gasteiger partial charge in [-0.3, -0.25) is 4.98 Å². The number of imidazole rings is 1. The summed E-state index contributed by atoms with van der Waals surface area (Å²) < 4.78 is 31.0. The van der Waals surface area contributed by atoms with Gasteiger partial charge in [-0.2, -0.15) is 0 Å². The van der Waals surface area contributed by atoms with E-state index >= 15 is 4.39 Å². The number of pyridine rings is 1. The van der Waals surface area contributed by atoms with Crippen LogP contribution < -0.4 is 0 Å². The van der Waals surface area contributed by atoms with Crippen molar-refractivity contribution < 1.29 is 8.78 Å². The number of rotatable bonds is 4. The summed E-state index contributed by atoms with van der Waals surface area (Å²) in [7, 11) is 0. The average Bonchev–Trinajstić information content (AvgIpc) is 3.20. The van der Waals surface area contributed by atoms with E-state index in [0.717, 1.165) is 18.4 Å². The summed E-state index contributed by atoms with van der Waals surface area (Å²) >= 11 is 0. The first-order valence-electron chi connectivity index (χ1n) is 11.8. The molecule has 2 bridgehead atoms. The Balaban J connectivity index is 1.46. The van der Waals surface area contributed by atoms with Crippen molar-refractivity contribution in [2.75, 3.05) is 19.6 Å². The number of piperidine rings is 3. The molecule has 3 saturated heterocycles. The Kier molecular flexibility index (Phi) is 5.13. The fraction of sp³-hybridized carbons (Fsp3) is 0.385. The van der Waals surface area contributed by atoms with E-state index in [2.05, 4.69) is 19.9 Å². The fourth-order valence-electron chi connectivity index (χ4n) is 5.64. The number of aromatic nitrogens is 5. The van der Waals surface area contributed by atoms with Crippen molar-refractivity contribution in [1.82, 2.24) is 29.4 Å². The molecule has 6 nitrogen and oxygen atoms in total. The van der Waals surface area contributed by atoms with Crippen LogP contribution in [-0.2, 0) is 6.54 Å². The maximum Gasteiger partial charge on any atom is 0.164 e. The van der Waals surface area contributed by atoms with Crippen LogP contribution in [-0.4, -0.2) is 49.0 Å². The van der Waals surface area contributed by atoms with E-state index in [0.29, 0.717) is 45.8 Å². The van der Waals surface area contributed by atoms with Gasteiger partial charge in [0.25, 0.3) is 0 Å². The topological polar surface area (TPSA) is 59.7 Å². The third-order valence-electron chi connectivity index (χ3n) is 7.33. The normalized spacial score (nSPS) is 21.9. The minimum atomic E-state index is -0.453. The lowest BCUT2D eigenvalue weighted by Gasteiger charge is -2.45. The Labute approximate surface area is 196 Å². The Morgan fingerprint density at radius 1 is 1.00 bits per heavy atom. The highest BCUT2D eigenvalue weighted by Crippen LogP contribution is 2.39. The van der Waals surface area contributed by atoms with Crippen molar-refractivity contribution in [1.29, 1.82) is 0 Å². The molecule has 3 aromatic heterocycles. The summed E-state index contributed by atoms with van der Waals surface area (Å²) in [4.78, 5) is 20.3. The van der Waals surface area contributed by atoms with E-state index in [1.165, 1.54) is 37.6 Å². The molecule has 3 fully saturated rings. The minimum absolute atomic E-state index is 0.235. The monoisotopic (exact) mass is 460 g/mol. The molecule has 1 atom stereocenters. The number of hydrogen-bond acceptors (Lipinski definition) is 5. The van der Waals surface area contributed by atoms with Crippen LogP contribution in [0.4, 0.5) is 8.78 Å². The second-order valence-corrected chi connectivity index (χ2v) is 9.54. The molecule has 3 aliphatic heterocycles. The third kappa shape index (κ3) is 3.66. The highest BCUT2D eigenvalue weighted by Gasteiger charge is 2.35. The largest absolute Gasteiger partial charge is 0.304 e. The van der Waals surface area contributed by atoms with Crippen LogP contribution in [0.15, 0.2) is 36.7 Å². The maximum absolute atomic E-state index is 15.1. The number of nitrogens with zero attached hydrogens (tertiary/aromatic N) is 6. The van der Waals surface area contributed by atoms with Crippen molar-refractivity contribution >= 4 is 11.2 Å². The second-order valence-electron chi connectivity index (χ2n) is 9.54. The van der Waals surface area contributed by atoms with E-state index < -0.39 is 5.82 Å². The van der Waals surface area contributed by atoms with E-state index in [1.807, 2.05) is 30.5 Å².